The van der Waals surface area contributed by atoms with E-state index < -0.39 is 0 Å². The van der Waals surface area contributed by atoms with Crippen LogP contribution in [0, 0.1) is 16.0 Å². The van der Waals surface area contributed by atoms with E-state index in [0.29, 0.717) is 0 Å². The van der Waals surface area contributed by atoms with E-state index in [9.17, 15) is 14.9 Å². The van der Waals surface area contributed by atoms with Crippen molar-refractivity contribution in [2.45, 2.75) is 64.3 Å². The summed E-state index contributed by atoms with van der Waals surface area (Å²) in [6.45, 7) is 4.17. The largest absolute Gasteiger partial charge is 0.379 e. The molecule has 1 aliphatic carbocycles. The third-order valence-corrected chi connectivity index (χ3v) is 5.24. The van der Waals surface area contributed by atoms with Crippen LogP contribution in [0.1, 0.15) is 63.5 Å². The van der Waals surface area contributed by atoms with Gasteiger partial charge in [-0.15, -0.1) is 0 Å². The summed E-state index contributed by atoms with van der Waals surface area (Å²) in [4.78, 5) is 23.6. The Labute approximate surface area is 148 Å². The first-order valence-electron chi connectivity index (χ1n) is 9.17. The van der Waals surface area contributed by atoms with Crippen molar-refractivity contribution < 1.29 is 9.72 Å². The van der Waals surface area contributed by atoms with Crippen molar-refractivity contribution in [3.05, 3.63) is 45.5 Å². The van der Waals surface area contributed by atoms with Gasteiger partial charge in [0.1, 0.15) is 0 Å². The molecular formula is C20H26N2O3. The Morgan fingerprint density at radius 3 is 2.56 bits per heavy atom. The van der Waals surface area contributed by atoms with Crippen LogP contribution in [0.15, 0.2) is 24.3 Å². The fourth-order valence-electron chi connectivity index (χ4n) is 3.97. The molecule has 1 aromatic carbocycles. The van der Waals surface area contributed by atoms with Gasteiger partial charge < -0.3 is 5.32 Å². The number of benzene rings is 1. The molecule has 1 N–H and O–H groups in total. The lowest BCUT2D eigenvalue weighted by atomic mass is 9.84. The van der Waals surface area contributed by atoms with Crippen LogP contribution in [-0.4, -0.2) is 16.2 Å². The average molecular weight is 342 g/mol. The van der Waals surface area contributed by atoms with Crippen molar-refractivity contribution in [2.24, 2.45) is 5.92 Å². The molecule has 0 unspecified atom stereocenters. The van der Waals surface area contributed by atoms with Gasteiger partial charge in [-0.25, -0.2) is 0 Å². The summed E-state index contributed by atoms with van der Waals surface area (Å²) in [6, 6.07) is 4.95. The molecule has 5 heteroatoms. The molecule has 3 rings (SSSR count). The van der Waals surface area contributed by atoms with Gasteiger partial charge in [0, 0.05) is 40.9 Å². The number of allylic oxidation sites excluding steroid dienone is 1. The maximum absolute atomic E-state index is 12.8. The predicted octanol–water partition coefficient (Wildman–Crippen LogP) is 4.40. The molecule has 5 nitrogen and oxygen atoms in total. The van der Waals surface area contributed by atoms with Gasteiger partial charge in [-0.05, 0) is 38.7 Å². The predicted molar refractivity (Wildman–Crippen MR) is 98.2 cm³/mol. The number of non-ortho nitro benzene ring substituents is 1. The van der Waals surface area contributed by atoms with Gasteiger partial charge in [0.15, 0.2) is 5.78 Å². The van der Waals surface area contributed by atoms with Crippen molar-refractivity contribution in [2.75, 3.05) is 0 Å². The molecule has 2 aliphatic rings. The van der Waals surface area contributed by atoms with Crippen molar-refractivity contribution in [1.82, 2.24) is 5.32 Å². The molecule has 1 fully saturated rings. The third-order valence-electron chi connectivity index (χ3n) is 5.24. The van der Waals surface area contributed by atoms with E-state index in [2.05, 4.69) is 19.2 Å². The highest BCUT2D eigenvalue weighted by molar-refractivity contribution is 5.98. The molecule has 134 valence electrons. The first-order valence-corrected chi connectivity index (χ1v) is 9.17. The van der Waals surface area contributed by atoms with E-state index in [1.54, 1.807) is 18.2 Å². The number of carbonyl (C=O) groups excluding carboxylic acids is 1. The van der Waals surface area contributed by atoms with Crippen LogP contribution in [0.4, 0.5) is 5.69 Å². The highest BCUT2D eigenvalue weighted by atomic mass is 16.6. The number of hydrogen-bond acceptors (Lipinski definition) is 4. The normalized spacial score (nSPS) is 21.9. The Balaban J connectivity index is 1.95. The third kappa shape index (κ3) is 4.09. The quantitative estimate of drug-likeness (QED) is 0.382. The molecule has 1 aromatic rings. The van der Waals surface area contributed by atoms with E-state index in [1.165, 1.54) is 12.8 Å². The minimum Gasteiger partial charge on any atom is -0.379 e. The lowest BCUT2D eigenvalue weighted by Crippen LogP contribution is -2.44. The Hall–Kier alpha value is -2.17. The SMILES string of the molecule is CC1(C)Cc2ccc([N+](=O)[O-])cc2C(=CC(=O)C2CCCCCC2)N1. The molecule has 1 aliphatic heterocycles. The Morgan fingerprint density at radius 2 is 1.92 bits per heavy atom. The lowest BCUT2D eigenvalue weighted by Gasteiger charge is -2.35. The van der Waals surface area contributed by atoms with E-state index >= 15 is 0 Å². The summed E-state index contributed by atoms with van der Waals surface area (Å²) in [5.41, 5.74) is 2.45. The van der Waals surface area contributed by atoms with E-state index in [-0.39, 0.29) is 27.9 Å². The molecule has 0 saturated heterocycles. The van der Waals surface area contributed by atoms with Gasteiger partial charge >= 0.3 is 0 Å². The highest BCUT2D eigenvalue weighted by Crippen LogP contribution is 2.33. The number of carbonyl (C=O) groups is 1. The van der Waals surface area contributed by atoms with Crippen molar-refractivity contribution in [3.8, 4) is 0 Å². The Morgan fingerprint density at radius 1 is 1.24 bits per heavy atom. The summed E-state index contributed by atoms with van der Waals surface area (Å²) in [5.74, 6) is 0.239. The zero-order chi connectivity index (χ0) is 18.0. The van der Waals surface area contributed by atoms with Crippen LogP contribution >= 0.6 is 0 Å². The van der Waals surface area contributed by atoms with Gasteiger partial charge in [0.05, 0.1) is 4.92 Å². The first-order chi connectivity index (χ1) is 11.9. The fraction of sp³-hybridized carbons (Fsp3) is 0.550. The van der Waals surface area contributed by atoms with Crippen LogP contribution < -0.4 is 5.32 Å². The van der Waals surface area contributed by atoms with Gasteiger partial charge in [-0.3, -0.25) is 14.9 Å². The number of hydrogen-bond donors (Lipinski definition) is 1. The van der Waals surface area contributed by atoms with Crippen molar-refractivity contribution >= 4 is 17.2 Å². The monoisotopic (exact) mass is 342 g/mol. The molecule has 25 heavy (non-hydrogen) atoms. The van der Waals surface area contributed by atoms with Crippen molar-refractivity contribution in [3.63, 3.8) is 0 Å². The molecule has 1 heterocycles. The van der Waals surface area contributed by atoms with Gasteiger partial charge in [-0.2, -0.15) is 0 Å². The molecule has 1 saturated carbocycles. The molecule has 0 amide bonds. The molecular weight excluding hydrogens is 316 g/mol. The second-order valence-electron chi connectivity index (χ2n) is 7.93. The fourth-order valence-corrected chi connectivity index (χ4v) is 3.97. The van der Waals surface area contributed by atoms with Gasteiger partial charge in [-0.1, -0.05) is 31.7 Å². The molecule has 0 spiro atoms. The number of nitro groups is 1. The van der Waals surface area contributed by atoms with Gasteiger partial charge in [0.25, 0.3) is 5.69 Å². The summed E-state index contributed by atoms with van der Waals surface area (Å²) in [5, 5.41) is 14.5. The number of nitrogens with one attached hydrogen (secondary N) is 1. The number of nitrogens with zero attached hydrogens (tertiary/aromatic N) is 1. The summed E-state index contributed by atoms with van der Waals surface area (Å²) >= 11 is 0. The minimum absolute atomic E-state index is 0.0630. The Kier molecular flexibility index (Phi) is 4.93. The summed E-state index contributed by atoms with van der Waals surface area (Å²) in [6.07, 6.45) is 9.01. The maximum Gasteiger partial charge on any atom is 0.270 e. The summed E-state index contributed by atoms with van der Waals surface area (Å²) < 4.78 is 0. The van der Waals surface area contributed by atoms with Crippen LogP contribution in [0.5, 0.6) is 0 Å². The molecule has 0 radical (unpaired) electrons. The molecule has 0 aromatic heterocycles. The lowest BCUT2D eigenvalue weighted by molar-refractivity contribution is -0.384. The van der Waals surface area contributed by atoms with Crippen LogP contribution in [0.25, 0.3) is 5.70 Å². The highest BCUT2D eigenvalue weighted by Gasteiger charge is 2.30. The van der Waals surface area contributed by atoms with Crippen molar-refractivity contribution in [1.29, 1.82) is 0 Å². The van der Waals surface area contributed by atoms with E-state index in [1.807, 2.05) is 6.07 Å². The first kappa shape index (κ1) is 17.6. The maximum atomic E-state index is 12.8. The zero-order valence-corrected chi connectivity index (χ0v) is 15.0. The average Bonchev–Trinajstić information content (AvgIpc) is 2.82. The standard InChI is InChI=1S/C20H26N2O3/c1-20(2)13-15-9-10-16(22(24)25)11-17(15)18(21-20)12-19(23)14-7-5-3-4-6-8-14/h9-12,14,21H,3-8,13H2,1-2H3. The van der Waals surface area contributed by atoms with E-state index in [0.717, 1.165) is 48.9 Å². The number of rotatable bonds is 3. The Bertz CT molecular complexity index is 714. The van der Waals surface area contributed by atoms with E-state index in [4.69, 9.17) is 0 Å². The number of fused-ring (bicyclic) bond motifs is 1. The zero-order valence-electron chi connectivity index (χ0n) is 15.0. The minimum atomic E-state index is -0.384. The van der Waals surface area contributed by atoms with Crippen LogP contribution in [0.2, 0.25) is 0 Å². The second-order valence-corrected chi connectivity index (χ2v) is 7.93. The van der Waals surface area contributed by atoms with Crippen LogP contribution in [0.3, 0.4) is 0 Å². The van der Waals surface area contributed by atoms with Gasteiger partial charge in [0.2, 0.25) is 0 Å². The molecule has 0 bridgehead atoms. The molecule has 0 atom stereocenters. The smallest absolute Gasteiger partial charge is 0.270 e. The number of nitro benzene ring substituents is 1. The second kappa shape index (κ2) is 6.98. The van der Waals surface area contributed by atoms with Crippen LogP contribution in [-0.2, 0) is 11.2 Å². The topological polar surface area (TPSA) is 72.2 Å². The summed E-state index contributed by atoms with van der Waals surface area (Å²) in [7, 11) is 0. The number of ketones is 1.